The maximum atomic E-state index is 13.6. The van der Waals surface area contributed by atoms with Crippen LogP contribution in [-0.2, 0) is 20.9 Å². The van der Waals surface area contributed by atoms with Gasteiger partial charge in [0.15, 0.2) is 0 Å². The zero-order chi connectivity index (χ0) is 20.8. The molecule has 2 aromatic carbocycles. The molecule has 0 saturated carbocycles. The summed E-state index contributed by atoms with van der Waals surface area (Å²) < 4.78 is 11.0. The summed E-state index contributed by atoms with van der Waals surface area (Å²) in [6.07, 6.45) is 0.972. The predicted molar refractivity (Wildman–Crippen MR) is 113 cm³/mol. The van der Waals surface area contributed by atoms with Crippen molar-refractivity contribution in [2.75, 3.05) is 37.9 Å². The molecule has 1 unspecified atom stereocenters. The number of anilines is 1. The molecule has 2 saturated heterocycles. The van der Waals surface area contributed by atoms with Crippen LogP contribution in [0.3, 0.4) is 0 Å². The monoisotopic (exact) mass is 409 g/mol. The molecule has 2 heterocycles. The lowest BCUT2D eigenvalue weighted by Gasteiger charge is -2.39. The molecule has 2 amide bonds. The van der Waals surface area contributed by atoms with Crippen molar-refractivity contribution in [1.82, 2.24) is 9.91 Å². The van der Waals surface area contributed by atoms with Gasteiger partial charge in [0.1, 0.15) is 12.6 Å². The molecular weight excluding hydrogens is 382 g/mol. The minimum Gasteiger partial charge on any atom is -0.445 e. The average molecular weight is 409 g/mol. The number of hydrazine groups is 1. The van der Waals surface area contributed by atoms with E-state index >= 15 is 0 Å². The first kappa shape index (κ1) is 20.4. The smallest absolute Gasteiger partial charge is 0.410 e. The van der Waals surface area contributed by atoms with E-state index < -0.39 is 12.1 Å². The van der Waals surface area contributed by atoms with Crippen molar-refractivity contribution in [1.29, 1.82) is 0 Å². The van der Waals surface area contributed by atoms with Crippen molar-refractivity contribution >= 4 is 17.7 Å². The van der Waals surface area contributed by atoms with Crippen LogP contribution in [0.5, 0.6) is 0 Å². The number of likely N-dealkylation sites (tertiary alicyclic amines) is 1. The van der Waals surface area contributed by atoms with E-state index in [1.807, 2.05) is 65.7 Å². The van der Waals surface area contributed by atoms with Gasteiger partial charge < -0.3 is 9.47 Å². The molecule has 0 N–H and O–H groups in total. The Labute approximate surface area is 176 Å². The molecule has 30 heavy (non-hydrogen) atoms. The molecule has 0 bridgehead atoms. The standard InChI is InChI=1S/C23H27N3O4/c27-22(26(20-10-5-2-6-11-20)24-14-16-29-17-15-24)21-12-7-13-25(21)23(28)30-18-19-8-3-1-4-9-19/h1-6,8-11,21H,7,12-18H2. The summed E-state index contributed by atoms with van der Waals surface area (Å²) in [4.78, 5) is 28.0. The van der Waals surface area contributed by atoms with Gasteiger partial charge in [-0.15, -0.1) is 0 Å². The predicted octanol–water partition coefficient (Wildman–Crippen LogP) is 3.07. The second-order valence-corrected chi connectivity index (χ2v) is 7.44. The van der Waals surface area contributed by atoms with Crippen molar-refractivity contribution in [3.05, 3.63) is 66.2 Å². The molecule has 4 rings (SSSR count). The van der Waals surface area contributed by atoms with Crippen molar-refractivity contribution in [2.24, 2.45) is 0 Å². The number of hydrogen-bond donors (Lipinski definition) is 0. The fourth-order valence-electron chi connectivity index (χ4n) is 3.94. The molecule has 158 valence electrons. The SMILES string of the molecule is O=C(OCc1ccccc1)N1CCCC1C(=O)N(c1ccccc1)N1CCOCC1. The van der Waals surface area contributed by atoms with Crippen LogP contribution in [0.1, 0.15) is 18.4 Å². The average Bonchev–Trinajstić information content (AvgIpc) is 3.30. The van der Waals surface area contributed by atoms with Gasteiger partial charge in [-0.25, -0.2) is 14.8 Å². The Bertz CT molecular complexity index is 840. The van der Waals surface area contributed by atoms with Crippen LogP contribution in [0, 0.1) is 0 Å². The Kier molecular flexibility index (Phi) is 6.61. The highest BCUT2D eigenvalue weighted by atomic mass is 16.6. The number of rotatable bonds is 5. The van der Waals surface area contributed by atoms with Crippen LogP contribution in [-0.4, -0.2) is 60.8 Å². The lowest BCUT2D eigenvalue weighted by atomic mass is 10.2. The van der Waals surface area contributed by atoms with Crippen LogP contribution in [0.15, 0.2) is 60.7 Å². The Morgan fingerprint density at radius 3 is 2.33 bits per heavy atom. The minimum absolute atomic E-state index is 0.0998. The van der Waals surface area contributed by atoms with E-state index in [1.54, 1.807) is 9.91 Å². The third-order valence-corrected chi connectivity index (χ3v) is 5.46. The first-order valence-electron chi connectivity index (χ1n) is 10.4. The third kappa shape index (κ3) is 4.63. The highest BCUT2D eigenvalue weighted by Crippen LogP contribution is 2.25. The first-order chi connectivity index (χ1) is 14.7. The maximum absolute atomic E-state index is 13.6. The summed E-state index contributed by atoms with van der Waals surface area (Å²) in [7, 11) is 0. The number of carbonyl (C=O) groups is 2. The van der Waals surface area contributed by atoms with E-state index in [0.29, 0.717) is 39.3 Å². The largest absolute Gasteiger partial charge is 0.445 e. The van der Waals surface area contributed by atoms with Gasteiger partial charge in [-0.05, 0) is 30.5 Å². The summed E-state index contributed by atoms with van der Waals surface area (Å²) >= 11 is 0. The van der Waals surface area contributed by atoms with Crippen molar-refractivity contribution in [3.8, 4) is 0 Å². The van der Waals surface area contributed by atoms with Crippen LogP contribution >= 0.6 is 0 Å². The zero-order valence-electron chi connectivity index (χ0n) is 17.0. The topological polar surface area (TPSA) is 62.3 Å². The second-order valence-electron chi connectivity index (χ2n) is 7.44. The fraction of sp³-hybridized carbons (Fsp3) is 0.391. The van der Waals surface area contributed by atoms with E-state index in [2.05, 4.69) is 0 Å². The Hall–Kier alpha value is -2.90. The molecule has 0 radical (unpaired) electrons. The van der Waals surface area contributed by atoms with Crippen LogP contribution in [0.25, 0.3) is 0 Å². The highest BCUT2D eigenvalue weighted by Gasteiger charge is 2.40. The highest BCUT2D eigenvalue weighted by molar-refractivity contribution is 5.98. The number of hydrogen-bond acceptors (Lipinski definition) is 5. The molecule has 2 fully saturated rings. The molecule has 0 spiro atoms. The molecule has 1 atom stereocenters. The van der Waals surface area contributed by atoms with Gasteiger partial charge in [0.25, 0.3) is 5.91 Å². The third-order valence-electron chi connectivity index (χ3n) is 5.46. The summed E-state index contributed by atoms with van der Waals surface area (Å²) in [5.74, 6) is -0.0998. The summed E-state index contributed by atoms with van der Waals surface area (Å²) in [5.41, 5.74) is 1.72. The molecule has 7 nitrogen and oxygen atoms in total. The van der Waals surface area contributed by atoms with E-state index in [-0.39, 0.29) is 12.5 Å². The van der Waals surface area contributed by atoms with E-state index in [0.717, 1.165) is 17.7 Å². The van der Waals surface area contributed by atoms with Crippen LogP contribution in [0.2, 0.25) is 0 Å². The number of carbonyl (C=O) groups excluding carboxylic acids is 2. The number of morpholine rings is 1. The zero-order valence-corrected chi connectivity index (χ0v) is 17.0. The van der Waals surface area contributed by atoms with E-state index in [9.17, 15) is 9.59 Å². The Morgan fingerprint density at radius 1 is 0.967 bits per heavy atom. The van der Waals surface area contributed by atoms with Gasteiger partial charge in [0.05, 0.1) is 18.9 Å². The Balaban J connectivity index is 1.49. The summed E-state index contributed by atoms with van der Waals surface area (Å²) in [5, 5.41) is 3.73. The molecular formula is C23H27N3O4. The first-order valence-corrected chi connectivity index (χ1v) is 10.4. The number of ether oxygens (including phenoxy) is 2. The molecule has 7 heteroatoms. The fourth-order valence-corrected chi connectivity index (χ4v) is 3.94. The normalized spacial score (nSPS) is 19.5. The van der Waals surface area contributed by atoms with Crippen molar-refractivity contribution in [2.45, 2.75) is 25.5 Å². The molecule has 2 aliphatic rings. The second kappa shape index (κ2) is 9.73. The number of benzene rings is 2. The Morgan fingerprint density at radius 2 is 1.63 bits per heavy atom. The van der Waals surface area contributed by atoms with E-state index in [1.165, 1.54) is 0 Å². The van der Waals surface area contributed by atoms with Gasteiger partial charge in [0, 0.05) is 19.6 Å². The summed E-state index contributed by atoms with van der Waals surface area (Å²) in [6.45, 7) is 3.13. The van der Waals surface area contributed by atoms with Gasteiger partial charge >= 0.3 is 6.09 Å². The quantitative estimate of drug-likeness (QED) is 0.760. The number of amides is 2. The molecule has 0 aromatic heterocycles. The van der Waals surface area contributed by atoms with Gasteiger partial charge in [-0.1, -0.05) is 48.5 Å². The van der Waals surface area contributed by atoms with Gasteiger partial charge in [-0.3, -0.25) is 9.69 Å². The minimum atomic E-state index is -0.531. The van der Waals surface area contributed by atoms with Crippen LogP contribution < -0.4 is 5.01 Å². The molecule has 0 aliphatic carbocycles. The number of nitrogens with zero attached hydrogens (tertiary/aromatic N) is 3. The maximum Gasteiger partial charge on any atom is 0.410 e. The number of para-hydroxylation sites is 1. The molecule has 2 aliphatic heterocycles. The van der Waals surface area contributed by atoms with Gasteiger partial charge in [-0.2, -0.15) is 0 Å². The van der Waals surface area contributed by atoms with E-state index in [4.69, 9.17) is 9.47 Å². The van der Waals surface area contributed by atoms with Crippen molar-refractivity contribution in [3.63, 3.8) is 0 Å². The molecule has 2 aromatic rings. The van der Waals surface area contributed by atoms with Crippen LogP contribution in [0.4, 0.5) is 10.5 Å². The van der Waals surface area contributed by atoms with Gasteiger partial charge in [0.2, 0.25) is 0 Å². The summed E-state index contributed by atoms with van der Waals surface area (Å²) in [6, 6.07) is 18.6. The van der Waals surface area contributed by atoms with Crippen molar-refractivity contribution < 1.29 is 19.1 Å². The lowest BCUT2D eigenvalue weighted by molar-refractivity contribution is -0.127. The lowest BCUT2D eigenvalue weighted by Crippen LogP contribution is -2.57.